The second-order valence-electron chi connectivity index (χ2n) is 6.19. The molecule has 4 rings (SSSR count). The molecule has 0 saturated heterocycles. The first-order valence-electron chi connectivity index (χ1n) is 8.14. The molecule has 1 aromatic carbocycles. The first kappa shape index (κ1) is 15.8. The normalized spacial score (nSPS) is 13.8. The molecule has 126 valence electrons. The molecule has 2 aromatic heterocycles. The Bertz CT molecular complexity index is 950. The smallest absolute Gasteiger partial charge is 0.258 e. The van der Waals surface area contributed by atoms with Crippen molar-refractivity contribution in [3.63, 3.8) is 0 Å². The molecule has 0 atom stereocenters. The van der Waals surface area contributed by atoms with Crippen molar-refractivity contribution in [2.24, 2.45) is 0 Å². The van der Waals surface area contributed by atoms with Crippen molar-refractivity contribution in [3.8, 4) is 0 Å². The molecule has 0 saturated carbocycles. The van der Waals surface area contributed by atoms with Crippen molar-refractivity contribution in [1.29, 1.82) is 0 Å². The number of hydrogen-bond acceptors (Lipinski definition) is 3. The maximum Gasteiger partial charge on any atom is 0.258 e. The summed E-state index contributed by atoms with van der Waals surface area (Å²) in [5, 5.41) is 4.97. The van der Waals surface area contributed by atoms with Crippen molar-refractivity contribution in [1.82, 2.24) is 14.8 Å². The number of benzene rings is 1. The van der Waals surface area contributed by atoms with Gasteiger partial charge < -0.3 is 4.90 Å². The van der Waals surface area contributed by atoms with E-state index in [-0.39, 0.29) is 5.91 Å². The number of rotatable bonds is 3. The van der Waals surface area contributed by atoms with Gasteiger partial charge in [0.1, 0.15) is 0 Å². The van der Waals surface area contributed by atoms with E-state index in [9.17, 15) is 4.79 Å². The Labute approximate surface area is 150 Å². The van der Waals surface area contributed by atoms with Crippen molar-refractivity contribution >= 4 is 23.2 Å². The number of fused-ring (bicyclic) bond motifs is 1. The maximum absolute atomic E-state index is 12.8. The monoisotopic (exact) mass is 352 g/mol. The molecule has 3 aromatic rings. The van der Waals surface area contributed by atoms with E-state index < -0.39 is 0 Å². The number of carbonyl (C=O) groups excluding carboxylic acids is 1. The number of amides is 1. The van der Waals surface area contributed by atoms with Gasteiger partial charge in [0.05, 0.1) is 18.4 Å². The van der Waals surface area contributed by atoms with E-state index in [2.05, 4.69) is 10.1 Å². The molecule has 0 aliphatic carbocycles. The third kappa shape index (κ3) is 3.03. The topological polar surface area (TPSA) is 51.0 Å². The van der Waals surface area contributed by atoms with Crippen LogP contribution in [0.15, 0.2) is 48.9 Å². The minimum Gasteiger partial charge on any atom is -0.306 e. The molecule has 1 amide bonds. The lowest BCUT2D eigenvalue weighted by atomic mass is 9.98. The van der Waals surface area contributed by atoms with Crippen LogP contribution in [0.4, 0.5) is 5.69 Å². The van der Waals surface area contributed by atoms with Gasteiger partial charge in [-0.25, -0.2) is 0 Å². The fourth-order valence-corrected chi connectivity index (χ4v) is 3.34. The van der Waals surface area contributed by atoms with Crippen LogP contribution in [0.3, 0.4) is 0 Å². The molecule has 6 heteroatoms. The highest BCUT2D eigenvalue weighted by atomic mass is 35.5. The average Bonchev–Trinajstić information content (AvgIpc) is 3.00. The van der Waals surface area contributed by atoms with E-state index in [0.29, 0.717) is 23.7 Å². The first-order valence-corrected chi connectivity index (χ1v) is 8.52. The molecule has 0 spiro atoms. The van der Waals surface area contributed by atoms with Gasteiger partial charge in [-0.15, -0.1) is 0 Å². The van der Waals surface area contributed by atoms with Crippen LogP contribution in [-0.4, -0.2) is 27.2 Å². The summed E-state index contributed by atoms with van der Waals surface area (Å²) in [6.07, 6.45) is 6.11. The Hall–Kier alpha value is -2.66. The van der Waals surface area contributed by atoms with Gasteiger partial charge in [0.15, 0.2) is 0 Å². The number of anilines is 1. The quantitative estimate of drug-likeness (QED) is 0.725. The summed E-state index contributed by atoms with van der Waals surface area (Å²) in [6, 6.07) is 9.41. The first-order chi connectivity index (χ1) is 12.1. The SMILES string of the molecule is Cc1ccnn1Cc1cncc(N2CCc3cc(Cl)ccc3C2=O)c1. The highest BCUT2D eigenvalue weighted by molar-refractivity contribution is 6.30. The summed E-state index contributed by atoms with van der Waals surface area (Å²) in [5.74, 6) is -0.00728. The minimum atomic E-state index is -0.00728. The van der Waals surface area contributed by atoms with Crippen LogP contribution < -0.4 is 4.90 Å². The Morgan fingerprint density at radius 2 is 2.08 bits per heavy atom. The molecule has 1 aliphatic heterocycles. The zero-order valence-corrected chi connectivity index (χ0v) is 14.6. The number of carbonyl (C=O) groups is 1. The molecule has 25 heavy (non-hydrogen) atoms. The number of halogens is 1. The summed E-state index contributed by atoms with van der Waals surface area (Å²) in [7, 11) is 0. The summed E-state index contributed by atoms with van der Waals surface area (Å²) >= 11 is 6.04. The van der Waals surface area contributed by atoms with E-state index >= 15 is 0 Å². The lowest BCUT2D eigenvalue weighted by molar-refractivity contribution is 0.0980. The zero-order valence-electron chi connectivity index (χ0n) is 13.8. The van der Waals surface area contributed by atoms with Crippen LogP contribution in [0.25, 0.3) is 0 Å². The molecule has 3 heterocycles. The Morgan fingerprint density at radius 1 is 1.20 bits per heavy atom. The van der Waals surface area contributed by atoms with Crippen LogP contribution in [0.5, 0.6) is 0 Å². The minimum absolute atomic E-state index is 0.00728. The molecular formula is C19H17ClN4O. The predicted octanol–water partition coefficient (Wildman–Crippen LogP) is 3.49. The van der Waals surface area contributed by atoms with Crippen LogP contribution >= 0.6 is 11.6 Å². The highest BCUT2D eigenvalue weighted by Crippen LogP contribution is 2.26. The lowest BCUT2D eigenvalue weighted by Gasteiger charge is -2.28. The second kappa shape index (κ2) is 6.33. The van der Waals surface area contributed by atoms with Crippen molar-refractivity contribution in [3.05, 3.63) is 76.3 Å². The van der Waals surface area contributed by atoms with Crippen LogP contribution in [-0.2, 0) is 13.0 Å². The van der Waals surface area contributed by atoms with E-state index in [1.807, 2.05) is 36.0 Å². The van der Waals surface area contributed by atoms with Crippen LogP contribution in [0.2, 0.25) is 5.02 Å². The van der Waals surface area contributed by atoms with Gasteiger partial charge >= 0.3 is 0 Å². The Balaban J connectivity index is 1.62. The van der Waals surface area contributed by atoms with E-state index in [1.165, 1.54) is 0 Å². The molecular weight excluding hydrogens is 336 g/mol. The molecule has 0 fully saturated rings. The fraction of sp³-hybridized carbons (Fsp3) is 0.211. The van der Waals surface area contributed by atoms with Gasteiger partial charge in [-0.3, -0.25) is 14.5 Å². The van der Waals surface area contributed by atoms with Crippen LogP contribution in [0, 0.1) is 6.92 Å². The number of pyridine rings is 1. The molecule has 0 N–H and O–H groups in total. The largest absolute Gasteiger partial charge is 0.306 e. The molecule has 5 nitrogen and oxygen atoms in total. The number of aromatic nitrogens is 3. The Morgan fingerprint density at radius 3 is 2.88 bits per heavy atom. The number of nitrogens with zero attached hydrogens (tertiary/aromatic N) is 4. The zero-order chi connectivity index (χ0) is 17.4. The van der Waals surface area contributed by atoms with Crippen molar-refractivity contribution in [2.75, 3.05) is 11.4 Å². The summed E-state index contributed by atoms with van der Waals surface area (Å²) in [4.78, 5) is 18.9. The lowest BCUT2D eigenvalue weighted by Crippen LogP contribution is -2.37. The highest BCUT2D eigenvalue weighted by Gasteiger charge is 2.25. The van der Waals surface area contributed by atoms with Gasteiger partial charge in [0.2, 0.25) is 0 Å². The van der Waals surface area contributed by atoms with Gasteiger partial charge in [0.25, 0.3) is 5.91 Å². The molecule has 0 unspecified atom stereocenters. The molecule has 0 bridgehead atoms. The summed E-state index contributed by atoms with van der Waals surface area (Å²) in [5.41, 5.74) is 4.63. The average molecular weight is 353 g/mol. The molecule has 1 aliphatic rings. The number of hydrogen-bond donors (Lipinski definition) is 0. The predicted molar refractivity (Wildman–Crippen MR) is 97.1 cm³/mol. The van der Waals surface area contributed by atoms with E-state index in [4.69, 9.17) is 11.6 Å². The third-order valence-electron chi connectivity index (χ3n) is 4.50. The summed E-state index contributed by atoms with van der Waals surface area (Å²) in [6.45, 7) is 3.27. The number of aryl methyl sites for hydroxylation is 1. The Kier molecular flexibility index (Phi) is 4.01. The second-order valence-corrected chi connectivity index (χ2v) is 6.63. The van der Waals surface area contributed by atoms with Crippen LogP contribution in [0.1, 0.15) is 27.2 Å². The summed E-state index contributed by atoms with van der Waals surface area (Å²) < 4.78 is 1.91. The standard InChI is InChI=1S/C19H17ClN4O/c1-13-4-6-22-24(13)12-14-8-17(11-21-10-14)23-7-5-15-9-16(20)2-3-18(15)19(23)25/h2-4,6,8-11H,5,7,12H2,1H3. The van der Waals surface area contributed by atoms with Gasteiger partial charge in [-0.2, -0.15) is 5.10 Å². The van der Waals surface area contributed by atoms with Gasteiger partial charge in [-0.05, 0) is 54.8 Å². The van der Waals surface area contributed by atoms with Gasteiger partial charge in [0, 0.05) is 35.2 Å². The van der Waals surface area contributed by atoms with Gasteiger partial charge in [-0.1, -0.05) is 11.6 Å². The van der Waals surface area contributed by atoms with E-state index in [0.717, 1.165) is 28.9 Å². The fourth-order valence-electron chi connectivity index (χ4n) is 3.15. The maximum atomic E-state index is 12.8. The van der Waals surface area contributed by atoms with Crippen molar-refractivity contribution < 1.29 is 4.79 Å². The third-order valence-corrected chi connectivity index (χ3v) is 4.74. The molecule has 0 radical (unpaired) electrons. The van der Waals surface area contributed by atoms with Crippen molar-refractivity contribution in [2.45, 2.75) is 19.9 Å². The van der Waals surface area contributed by atoms with E-state index in [1.54, 1.807) is 29.4 Å².